The van der Waals surface area contributed by atoms with E-state index in [9.17, 15) is 9.90 Å². The first-order valence-corrected chi connectivity index (χ1v) is 7.59. The molecule has 1 N–H and O–H groups in total. The van der Waals surface area contributed by atoms with Gasteiger partial charge in [-0.25, -0.2) is 0 Å². The molecule has 0 aromatic rings. The minimum atomic E-state index is -0.317. The number of amides is 1. The minimum absolute atomic E-state index is 0.103. The predicted molar refractivity (Wildman–Crippen MR) is 73.7 cm³/mol. The van der Waals surface area contributed by atoms with E-state index in [-0.39, 0.29) is 36.1 Å². The summed E-state index contributed by atoms with van der Waals surface area (Å²) >= 11 is 0. The summed E-state index contributed by atoms with van der Waals surface area (Å²) in [6, 6.07) is 0. The van der Waals surface area contributed by atoms with Crippen LogP contribution in [0.25, 0.3) is 0 Å². The zero-order chi connectivity index (χ0) is 14.0. The van der Waals surface area contributed by atoms with Crippen molar-refractivity contribution in [1.29, 1.82) is 0 Å². The maximum atomic E-state index is 12.6. The average Bonchev–Trinajstić information content (AvgIpc) is 2.37. The van der Waals surface area contributed by atoms with E-state index in [2.05, 4.69) is 0 Å². The molecule has 2 heterocycles. The zero-order valence-electron chi connectivity index (χ0n) is 12.3. The fourth-order valence-electron chi connectivity index (χ4n) is 3.47. The van der Waals surface area contributed by atoms with E-state index in [1.807, 2.05) is 25.7 Å². The number of likely N-dealkylation sites (tertiary alicyclic amines) is 1. The van der Waals surface area contributed by atoms with Gasteiger partial charge in [-0.15, -0.1) is 0 Å². The van der Waals surface area contributed by atoms with Gasteiger partial charge in [-0.3, -0.25) is 4.79 Å². The second kappa shape index (κ2) is 6.23. The van der Waals surface area contributed by atoms with Crippen LogP contribution in [0, 0.1) is 11.8 Å². The Labute approximate surface area is 116 Å². The Bertz CT molecular complexity index is 309. The van der Waals surface area contributed by atoms with E-state index in [1.54, 1.807) is 0 Å². The molecule has 0 aromatic heterocycles. The van der Waals surface area contributed by atoms with Crippen molar-refractivity contribution < 1.29 is 14.6 Å². The van der Waals surface area contributed by atoms with Crippen molar-refractivity contribution in [2.75, 3.05) is 13.1 Å². The quantitative estimate of drug-likeness (QED) is 0.832. The number of ether oxygens (including phenoxy) is 1. The van der Waals surface area contributed by atoms with Crippen molar-refractivity contribution in [2.24, 2.45) is 11.8 Å². The monoisotopic (exact) mass is 269 g/mol. The lowest BCUT2D eigenvalue weighted by Crippen LogP contribution is -2.47. The third-order valence-electron chi connectivity index (χ3n) is 4.50. The van der Waals surface area contributed by atoms with Crippen molar-refractivity contribution in [1.82, 2.24) is 4.90 Å². The molecule has 2 fully saturated rings. The molecule has 0 saturated carbocycles. The third-order valence-corrected chi connectivity index (χ3v) is 4.50. The topological polar surface area (TPSA) is 49.8 Å². The molecule has 2 aliphatic rings. The highest BCUT2D eigenvalue weighted by molar-refractivity contribution is 5.79. The number of hydrogen-bond acceptors (Lipinski definition) is 3. The van der Waals surface area contributed by atoms with Gasteiger partial charge in [0.25, 0.3) is 0 Å². The van der Waals surface area contributed by atoms with Crippen molar-refractivity contribution in [3.8, 4) is 0 Å². The van der Waals surface area contributed by atoms with Crippen LogP contribution >= 0.6 is 0 Å². The van der Waals surface area contributed by atoms with Gasteiger partial charge in [0, 0.05) is 24.9 Å². The second-order valence-corrected chi connectivity index (χ2v) is 6.35. The Kier molecular flexibility index (Phi) is 4.85. The summed E-state index contributed by atoms with van der Waals surface area (Å²) < 4.78 is 5.70. The number of piperidine rings is 1. The van der Waals surface area contributed by atoms with Crippen molar-refractivity contribution in [2.45, 2.75) is 64.8 Å². The molecule has 2 saturated heterocycles. The second-order valence-electron chi connectivity index (χ2n) is 6.35. The van der Waals surface area contributed by atoms with Crippen LogP contribution in [0.5, 0.6) is 0 Å². The summed E-state index contributed by atoms with van der Waals surface area (Å²) in [5, 5.41) is 9.71. The van der Waals surface area contributed by atoms with Gasteiger partial charge in [-0.1, -0.05) is 0 Å². The Hall–Kier alpha value is -0.610. The maximum Gasteiger partial charge on any atom is 0.225 e. The summed E-state index contributed by atoms with van der Waals surface area (Å²) in [7, 11) is 0. The summed E-state index contributed by atoms with van der Waals surface area (Å²) in [6.45, 7) is 7.49. The molecule has 4 heteroatoms. The van der Waals surface area contributed by atoms with Crippen LogP contribution in [0.2, 0.25) is 0 Å². The van der Waals surface area contributed by atoms with Crippen molar-refractivity contribution >= 4 is 5.91 Å². The highest BCUT2D eigenvalue weighted by Gasteiger charge is 2.34. The van der Waals surface area contributed by atoms with E-state index in [0.29, 0.717) is 0 Å². The van der Waals surface area contributed by atoms with Gasteiger partial charge in [-0.05, 0) is 46.5 Å². The summed E-state index contributed by atoms with van der Waals surface area (Å²) in [5.41, 5.74) is 0. The van der Waals surface area contributed by atoms with E-state index >= 15 is 0 Å². The summed E-state index contributed by atoms with van der Waals surface area (Å²) in [5.74, 6) is 0.617. The molecule has 4 unspecified atom stereocenters. The number of rotatable bonds is 2. The van der Waals surface area contributed by atoms with Crippen LogP contribution in [0.4, 0.5) is 0 Å². The standard InChI is InChI=1S/C15H27NO3/c1-10-7-14(8-11(2)19-10)15(18)16-6-4-5-13(9-16)12(3)17/h10-14,17H,4-9H2,1-3H3. The van der Waals surface area contributed by atoms with Gasteiger partial charge in [0.1, 0.15) is 0 Å². The van der Waals surface area contributed by atoms with Crippen LogP contribution in [-0.4, -0.2) is 47.3 Å². The minimum Gasteiger partial charge on any atom is -0.393 e. The first-order chi connectivity index (χ1) is 8.97. The number of nitrogens with zero attached hydrogens (tertiary/aromatic N) is 1. The molecule has 110 valence electrons. The molecule has 0 aliphatic carbocycles. The van der Waals surface area contributed by atoms with E-state index in [1.165, 1.54) is 0 Å². The van der Waals surface area contributed by atoms with Gasteiger partial charge < -0.3 is 14.7 Å². The normalized spacial score (nSPS) is 38.0. The molecule has 0 aromatic carbocycles. The van der Waals surface area contributed by atoms with Crippen LogP contribution in [0.15, 0.2) is 0 Å². The first kappa shape index (κ1) is 14.8. The maximum absolute atomic E-state index is 12.6. The van der Waals surface area contributed by atoms with Crippen molar-refractivity contribution in [3.63, 3.8) is 0 Å². The number of hydrogen-bond donors (Lipinski definition) is 1. The van der Waals surface area contributed by atoms with E-state index in [4.69, 9.17) is 4.74 Å². The van der Waals surface area contributed by atoms with E-state index < -0.39 is 0 Å². The molecule has 2 rings (SSSR count). The van der Waals surface area contributed by atoms with E-state index in [0.717, 1.165) is 38.8 Å². The number of aliphatic hydroxyl groups is 1. The highest BCUT2D eigenvalue weighted by atomic mass is 16.5. The van der Waals surface area contributed by atoms with Crippen LogP contribution in [0.1, 0.15) is 46.5 Å². The van der Waals surface area contributed by atoms with Gasteiger partial charge >= 0.3 is 0 Å². The zero-order valence-corrected chi connectivity index (χ0v) is 12.3. The van der Waals surface area contributed by atoms with Crippen molar-refractivity contribution in [3.05, 3.63) is 0 Å². The Morgan fingerprint density at radius 3 is 2.53 bits per heavy atom. The lowest BCUT2D eigenvalue weighted by atomic mass is 9.88. The van der Waals surface area contributed by atoms with Gasteiger partial charge in [0.15, 0.2) is 0 Å². The van der Waals surface area contributed by atoms with Gasteiger partial charge in [-0.2, -0.15) is 0 Å². The molecule has 1 amide bonds. The molecular formula is C15H27NO3. The fourth-order valence-corrected chi connectivity index (χ4v) is 3.47. The lowest BCUT2D eigenvalue weighted by Gasteiger charge is -2.39. The molecule has 19 heavy (non-hydrogen) atoms. The third kappa shape index (κ3) is 3.69. The summed E-state index contributed by atoms with van der Waals surface area (Å²) in [4.78, 5) is 14.6. The molecule has 4 atom stereocenters. The molecule has 4 nitrogen and oxygen atoms in total. The molecule has 2 aliphatic heterocycles. The molecule has 0 spiro atoms. The molecule has 0 radical (unpaired) electrons. The number of carbonyl (C=O) groups excluding carboxylic acids is 1. The Morgan fingerprint density at radius 1 is 1.32 bits per heavy atom. The Balaban J connectivity index is 1.95. The predicted octanol–water partition coefficient (Wildman–Crippen LogP) is 1.81. The first-order valence-electron chi connectivity index (χ1n) is 7.59. The SMILES string of the molecule is CC1CC(C(=O)N2CCCC(C(C)O)C2)CC(C)O1. The number of aliphatic hydroxyl groups excluding tert-OH is 1. The Morgan fingerprint density at radius 2 is 1.95 bits per heavy atom. The largest absolute Gasteiger partial charge is 0.393 e. The average molecular weight is 269 g/mol. The van der Waals surface area contributed by atoms with Crippen LogP contribution in [0.3, 0.4) is 0 Å². The molecule has 0 bridgehead atoms. The van der Waals surface area contributed by atoms with Crippen LogP contribution in [-0.2, 0) is 9.53 Å². The van der Waals surface area contributed by atoms with Gasteiger partial charge in [0.2, 0.25) is 5.91 Å². The van der Waals surface area contributed by atoms with Gasteiger partial charge in [0.05, 0.1) is 18.3 Å². The fraction of sp³-hybridized carbons (Fsp3) is 0.933. The molecular weight excluding hydrogens is 242 g/mol. The highest BCUT2D eigenvalue weighted by Crippen LogP contribution is 2.28. The smallest absolute Gasteiger partial charge is 0.225 e. The summed E-state index contributed by atoms with van der Waals surface area (Å²) in [6.07, 6.45) is 3.74. The lowest BCUT2D eigenvalue weighted by molar-refractivity contribution is -0.146. The number of carbonyl (C=O) groups is 1. The van der Waals surface area contributed by atoms with Crippen LogP contribution < -0.4 is 0 Å².